The second-order valence-corrected chi connectivity index (χ2v) is 2.82. The van der Waals surface area contributed by atoms with Gasteiger partial charge in [0.1, 0.15) is 5.76 Å². The van der Waals surface area contributed by atoms with Gasteiger partial charge in [0.15, 0.2) is 0 Å². The van der Waals surface area contributed by atoms with Crippen molar-refractivity contribution in [2.75, 3.05) is 13.6 Å². The molecule has 0 aliphatic carbocycles. The Kier molecular flexibility index (Phi) is 9.20. The highest BCUT2D eigenvalue weighted by molar-refractivity contribution is 5.27. The van der Waals surface area contributed by atoms with Gasteiger partial charge in [-0.3, -0.25) is 0 Å². The minimum Gasteiger partial charge on any atom is -0.508 e. The van der Waals surface area contributed by atoms with E-state index in [0.29, 0.717) is 5.57 Å². The number of allylic oxidation sites excluding steroid dienone is 2. The standard InChI is InChI=1S/C10H17NO.C2H6/c1-6-11(5)9(4)7-10(12)8(2)3;1-2/h7,12H,2,4,6H2,1,3,5H3;1-2H3/b10-7+;. The Morgan fingerprint density at radius 3 is 2.07 bits per heavy atom. The minimum atomic E-state index is 0.195. The van der Waals surface area contributed by atoms with Crippen LogP contribution in [0.5, 0.6) is 0 Å². The van der Waals surface area contributed by atoms with E-state index in [4.69, 9.17) is 0 Å². The van der Waals surface area contributed by atoms with E-state index in [9.17, 15) is 5.11 Å². The van der Waals surface area contributed by atoms with Gasteiger partial charge in [-0.2, -0.15) is 0 Å². The fourth-order valence-electron chi connectivity index (χ4n) is 0.594. The lowest BCUT2D eigenvalue weighted by molar-refractivity contribution is 0.412. The molecule has 0 aliphatic rings. The molecule has 0 fully saturated rings. The van der Waals surface area contributed by atoms with Gasteiger partial charge in [-0.05, 0) is 19.4 Å². The van der Waals surface area contributed by atoms with Gasteiger partial charge in [0.05, 0.1) is 0 Å². The molecule has 0 spiro atoms. The van der Waals surface area contributed by atoms with Gasteiger partial charge >= 0.3 is 0 Å². The number of hydrogen-bond acceptors (Lipinski definition) is 2. The average Bonchev–Trinajstić information content (AvgIpc) is 2.19. The van der Waals surface area contributed by atoms with Crippen LogP contribution in [-0.4, -0.2) is 23.6 Å². The summed E-state index contributed by atoms with van der Waals surface area (Å²) in [6.07, 6.45) is 1.62. The molecule has 0 unspecified atom stereocenters. The highest BCUT2D eigenvalue weighted by Crippen LogP contribution is 2.07. The predicted molar refractivity (Wildman–Crippen MR) is 64.3 cm³/mol. The molecule has 1 N–H and O–H groups in total. The van der Waals surface area contributed by atoms with Crippen LogP contribution < -0.4 is 0 Å². The van der Waals surface area contributed by atoms with E-state index in [1.807, 2.05) is 32.7 Å². The number of nitrogens with zero attached hydrogens (tertiary/aromatic N) is 1. The molecular formula is C12H23NO. The van der Waals surface area contributed by atoms with E-state index in [0.717, 1.165) is 12.2 Å². The largest absolute Gasteiger partial charge is 0.508 e. The third-order valence-electron chi connectivity index (χ3n) is 1.71. The van der Waals surface area contributed by atoms with Gasteiger partial charge in [-0.15, -0.1) is 0 Å². The second kappa shape index (κ2) is 8.42. The Bertz CT molecular complexity index is 216. The molecule has 0 atom stereocenters. The first-order valence-electron chi connectivity index (χ1n) is 4.95. The minimum absolute atomic E-state index is 0.195. The van der Waals surface area contributed by atoms with Crippen molar-refractivity contribution in [2.45, 2.75) is 27.7 Å². The summed E-state index contributed by atoms with van der Waals surface area (Å²) in [7, 11) is 1.92. The molecule has 0 saturated heterocycles. The average molecular weight is 197 g/mol. The Labute approximate surface area is 88.2 Å². The normalized spacial score (nSPS) is 9.93. The van der Waals surface area contributed by atoms with Crippen LogP contribution in [0, 0.1) is 0 Å². The van der Waals surface area contributed by atoms with E-state index in [2.05, 4.69) is 13.2 Å². The van der Waals surface area contributed by atoms with Crippen LogP contribution in [0.2, 0.25) is 0 Å². The second-order valence-electron chi connectivity index (χ2n) is 2.82. The molecule has 0 aromatic carbocycles. The summed E-state index contributed by atoms with van der Waals surface area (Å²) >= 11 is 0. The van der Waals surface area contributed by atoms with E-state index >= 15 is 0 Å². The zero-order valence-electron chi connectivity index (χ0n) is 10.1. The Morgan fingerprint density at radius 1 is 1.36 bits per heavy atom. The summed E-state index contributed by atoms with van der Waals surface area (Å²) in [5.41, 5.74) is 1.44. The number of hydrogen-bond donors (Lipinski definition) is 1. The summed E-state index contributed by atoms with van der Waals surface area (Å²) in [6, 6.07) is 0. The van der Waals surface area contributed by atoms with Crippen molar-refractivity contribution < 1.29 is 5.11 Å². The van der Waals surface area contributed by atoms with Crippen LogP contribution >= 0.6 is 0 Å². The van der Waals surface area contributed by atoms with Crippen LogP contribution in [0.15, 0.2) is 36.3 Å². The lowest BCUT2D eigenvalue weighted by atomic mass is 10.2. The zero-order chi connectivity index (χ0) is 11.7. The zero-order valence-corrected chi connectivity index (χ0v) is 10.1. The SMILES string of the molecule is C=C(C)/C(O)=C\C(=C)N(C)CC.CC. The molecule has 0 rings (SSSR count). The fraction of sp³-hybridized carbons (Fsp3) is 0.500. The van der Waals surface area contributed by atoms with Crippen molar-refractivity contribution >= 4 is 0 Å². The molecule has 0 saturated carbocycles. The highest BCUT2D eigenvalue weighted by atomic mass is 16.3. The van der Waals surface area contributed by atoms with E-state index in [1.54, 1.807) is 13.0 Å². The molecule has 0 bridgehead atoms. The smallest absolute Gasteiger partial charge is 0.119 e. The van der Waals surface area contributed by atoms with Crippen LogP contribution in [0.4, 0.5) is 0 Å². The lowest BCUT2D eigenvalue weighted by Crippen LogP contribution is -2.14. The molecule has 0 amide bonds. The van der Waals surface area contributed by atoms with Gasteiger partial charge in [-0.1, -0.05) is 27.0 Å². The van der Waals surface area contributed by atoms with Crippen LogP contribution in [-0.2, 0) is 0 Å². The molecule has 0 radical (unpaired) electrons. The number of aliphatic hydroxyl groups excluding tert-OH is 1. The van der Waals surface area contributed by atoms with Crippen LogP contribution in [0.1, 0.15) is 27.7 Å². The van der Waals surface area contributed by atoms with Crippen molar-refractivity contribution in [3.63, 3.8) is 0 Å². The van der Waals surface area contributed by atoms with E-state index in [-0.39, 0.29) is 5.76 Å². The topological polar surface area (TPSA) is 23.5 Å². The summed E-state index contributed by atoms with van der Waals surface area (Å²) in [4.78, 5) is 1.94. The summed E-state index contributed by atoms with van der Waals surface area (Å²) in [5.74, 6) is 0.195. The first-order chi connectivity index (χ1) is 6.49. The number of likely N-dealkylation sites (N-methyl/N-ethyl adjacent to an activating group) is 1. The van der Waals surface area contributed by atoms with Crippen LogP contribution in [0.3, 0.4) is 0 Å². The molecule has 0 aromatic rings. The highest BCUT2D eigenvalue weighted by Gasteiger charge is 1.98. The summed E-state index contributed by atoms with van der Waals surface area (Å²) in [6.45, 7) is 16.1. The molecule has 0 aliphatic heterocycles. The fourth-order valence-corrected chi connectivity index (χ4v) is 0.594. The molecule has 2 heteroatoms. The monoisotopic (exact) mass is 197 g/mol. The molecular weight excluding hydrogens is 174 g/mol. The molecule has 14 heavy (non-hydrogen) atoms. The number of rotatable bonds is 4. The van der Waals surface area contributed by atoms with Crippen molar-refractivity contribution in [3.05, 3.63) is 36.3 Å². The maximum atomic E-state index is 9.32. The Hall–Kier alpha value is -1.18. The first-order valence-corrected chi connectivity index (χ1v) is 4.95. The third kappa shape index (κ3) is 6.35. The maximum absolute atomic E-state index is 9.32. The summed E-state index contributed by atoms with van der Waals surface area (Å²) in [5, 5.41) is 9.32. The van der Waals surface area contributed by atoms with Gasteiger partial charge < -0.3 is 10.0 Å². The van der Waals surface area contributed by atoms with Crippen molar-refractivity contribution in [3.8, 4) is 0 Å². The van der Waals surface area contributed by atoms with Gasteiger partial charge in [-0.25, -0.2) is 0 Å². The number of aliphatic hydroxyl groups is 1. The first kappa shape index (κ1) is 15.3. The van der Waals surface area contributed by atoms with E-state index in [1.165, 1.54) is 0 Å². The molecule has 0 heterocycles. The maximum Gasteiger partial charge on any atom is 0.119 e. The quantitative estimate of drug-likeness (QED) is 0.551. The van der Waals surface area contributed by atoms with Crippen molar-refractivity contribution in [1.29, 1.82) is 0 Å². The summed E-state index contributed by atoms with van der Waals surface area (Å²) < 4.78 is 0. The Morgan fingerprint density at radius 2 is 1.79 bits per heavy atom. The van der Waals surface area contributed by atoms with Gasteiger partial charge in [0, 0.05) is 25.4 Å². The van der Waals surface area contributed by atoms with E-state index < -0.39 is 0 Å². The van der Waals surface area contributed by atoms with Gasteiger partial charge in [0.2, 0.25) is 0 Å². The van der Waals surface area contributed by atoms with Crippen LogP contribution in [0.25, 0.3) is 0 Å². The van der Waals surface area contributed by atoms with Gasteiger partial charge in [0.25, 0.3) is 0 Å². The lowest BCUT2D eigenvalue weighted by Gasteiger charge is -2.16. The Balaban J connectivity index is 0. The van der Waals surface area contributed by atoms with Crippen molar-refractivity contribution in [2.24, 2.45) is 0 Å². The van der Waals surface area contributed by atoms with Crippen molar-refractivity contribution in [1.82, 2.24) is 4.90 Å². The third-order valence-corrected chi connectivity index (χ3v) is 1.71. The molecule has 2 nitrogen and oxygen atoms in total. The molecule has 82 valence electrons. The molecule has 0 aromatic heterocycles. The predicted octanol–water partition coefficient (Wildman–Crippen LogP) is 3.50.